The molecule has 1 aromatic rings. The van der Waals surface area contributed by atoms with Crippen LogP contribution in [-0.2, 0) is 20.3 Å². The lowest BCUT2D eigenvalue weighted by Crippen LogP contribution is -2.29. The summed E-state index contributed by atoms with van der Waals surface area (Å²) in [5, 5.41) is 7.86. The second-order valence-corrected chi connectivity index (χ2v) is 9.04. The Bertz CT molecular complexity index is 599. The molecule has 26 heavy (non-hydrogen) atoms. The molecular weight excluding hydrogens is 328 g/mol. The van der Waals surface area contributed by atoms with Gasteiger partial charge in [-0.25, -0.2) is 0 Å². The van der Waals surface area contributed by atoms with E-state index in [1.54, 1.807) is 14.2 Å². The molecule has 1 aliphatic heterocycles. The summed E-state index contributed by atoms with van der Waals surface area (Å²) in [6.07, 6.45) is -0.349. The molecule has 1 fully saturated rings. The highest BCUT2D eigenvalue weighted by atomic mass is 16.7. The van der Waals surface area contributed by atoms with Crippen molar-refractivity contribution in [1.29, 1.82) is 0 Å². The molecule has 1 saturated heterocycles. The van der Waals surface area contributed by atoms with E-state index in [1.807, 2.05) is 0 Å². The number of hydrogen-bond acceptors (Lipinski definition) is 5. The summed E-state index contributed by atoms with van der Waals surface area (Å²) < 4.78 is 17.9. The van der Waals surface area contributed by atoms with Gasteiger partial charge in [0, 0.05) is 29.7 Å². The van der Waals surface area contributed by atoms with Crippen LogP contribution in [0.4, 0.5) is 0 Å². The van der Waals surface area contributed by atoms with Crippen molar-refractivity contribution in [3.05, 3.63) is 28.8 Å². The molecule has 0 amide bonds. The van der Waals surface area contributed by atoms with E-state index in [0.717, 1.165) is 11.3 Å². The van der Waals surface area contributed by atoms with E-state index in [0.29, 0.717) is 19.8 Å². The highest BCUT2D eigenvalue weighted by Crippen LogP contribution is 2.42. The smallest absolute Gasteiger partial charge is 0.183 e. The van der Waals surface area contributed by atoms with Gasteiger partial charge in [0.15, 0.2) is 6.29 Å². The molecule has 5 nitrogen and oxygen atoms in total. The zero-order valence-corrected chi connectivity index (χ0v) is 17.5. The van der Waals surface area contributed by atoms with Crippen molar-refractivity contribution >= 4 is 0 Å². The normalized spacial score (nSPS) is 22.0. The maximum absolute atomic E-state index is 6.02. The topological polar surface area (TPSA) is 52.4 Å². The van der Waals surface area contributed by atoms with Gasteiger partial charge in [-0.15, -0.1) is 0 Å². The first-order valence-corrected chi connectivity index (χ1v) is 9.29. The highest BCUT2D eigenvalue weighted by Gasteiger charge is 2.31. The van der Waals surface area contributed by atoms with E-state index < -0.39 is 0 Å². The minimum atomic E-state index is -0.349. The predicted octanol–water partition coefficient (Wildman–Crippen LogP) is 5.03. The number of methoxy groups -OCH3 is 1. The monoisotopic (exact) mass is 362 g/mol. The van der Waals surface area contributed by atoms with Gasteiger partial charge >= 0.3 is 0 Å². The average molecular weight is 363 g/mol. The molecule has 1 aliphatic rings. The Kier molecular flexibility index (Phi) is 6.46. The fourth-order valence-electron chi connectivity index (χ4n) is 3.16. The first-order valence-electron chi connectivity index (χ1n) is 9.29. The standard InChI is InChI=1S/C21H34N2O3/c1-20(2,3)16-9-15(10-17(18(16)24-8)21(4,5)6)19-25-12-14(13-26-19)11-23-22-7/h9-10,14,19H,11-13H2,1-8H3. The lowest BCUT2D eigenvalue weighted by atomic mass is 9.78. The van der Waals surface area contributed by atoms with Gasteiger partial charge in [0.25, 0.3) is 0 Å². The average Bonchev–Trinajstić information content (AvgIpc) is 2.57. The van der Waals surface area contributed by atoms with Crippen LogP contribution < -0.4 is 4.74 Å². The Morgan fingerprint density at radius 2 is 1.50 bits per heavy atom. The SMILES string of the molecule is CN=NCC1COC(c2cc(C(C)(C)C)c(OC)c(C(C)(C)C)c2)OC1. The van der Waals surface area contributed by atoms with Crippen molar-refractivity contribution in [1.82, 2.24) is 0 Å². The Hall–Kier alpha value is -1.46. The van der Waals surface area contributed by atoms with Crippen LogP contribution in [0.2, 0.25) is 0 Å². The summed E-state index contributed by atoms with van der Waals surface area (Å²) in [4.78, 5) is 0. The van der Waals surface area contributed by atoms with Gasteiger partial charge in [0.1, 0.15) is 5.75 Å². The molecule has 0 aromatic heterocycles. The maximum atomic E-state index is 6.02. The molecule has 2 rings (SSSR count). The number of rotatable bonds is 4. The molecule has 0 bridgehead atoms. The predicted molar refractivity (Wildman–Crippen MR) is 104 cm³/mol. The van der Waals surface area contributed by atoms with Gasteiger partial charge in [0.05, 0.1) is 26.9 Å². The van der Waals surface area contributed by atoms with Crippen LogP contribution in [0.1, 0.15) is 64.5 Å². The zero-order chi connectivity index (χ0) is 19.5. The van der Waals surface area contributed by atoms with Gasteiger partial charge in [-0.3, -0.25) is 0 Å². The largest absolute Gasteiger partial charge is 0.496 e. The number of nitrogens with zero attached hydrogens (tertiary/aromatic N) is 2. The van der Waals surface area contributed by atoms with Crippen molar-refractivity contribution in [2.75, 3.05) is 33.9 Å². The molecule has 0 atom stereocenters. The van der Waals surface area contributed by atoms with Crippen LogP contribution >= 0.6 is 0 Å². The van der Waals surface area contributed by atoms with E-state index in [-0.39, 0.29) is 23.0 Å². The second kappa shape index (κ2) is 8.05. The number of ether oxygens (including phenoxy) is 3. The minimum Gasteiger partial charge on any atom is -0.496 e. The number of benzene rings is 1. The Labute approximate surface area is 158 Å². The van der Waals surface area contributed by atoms with Gasteiger partial charge in [-0.1, -0.05) is 41.5 Å². The fraction of sp³-hybridized carbons (Fsp3) is 0.714. The first-order chi connectivity index (χ1) is 12.1. The molecule has 0 aliphatic carbocycles. The third-order valence-corrected chi connectivity index (χ3v) is 4.65. The fourth-order valence-corrected chi connectivity index (χ4v) is 3.16. The Morgan fingerprint density at radius 3 is 1.88 bits per heavy atom. The lowest BCUT2D eigenvalue weighted by molar-refractivity contribution is -0.203. The van der Waals surface area contributed by atoms with E-state index in [9.17, 15) is 0 Å². The summed E-state index contributed by atoms with van der Waals surface area (Å²) >= 11 is 0. The van der Waals surface area contributed by atoms with Crippen molar-refractivity contribution in [3.63, 3.8) is 0 Å². The van der Waals surface area contributed by atoms with Crippen LogP contribution in [0, 0.1) is 5.92 Å². The molecule has 1 aromatic carbocycles. The molecule has 0 radical (unpaired) electrons. The quantitative estimate of drug-likeness (QED) is 0.706. The zero-order valence-electron chi connectivity index (χ0n) is 17.5. The molecule has 146 valence electrons. The molecular formula is C21H34N2O3. The third-order valence-electron chi connectivity index (χ3n) is 4.65. The summed E-state index contributed by atoms with van der Waals surface area (Å²) in [7, 11) is 3.44. The maximum Gasteiger partial charge on any atom is 0.183 e. The third kappa shape index (κ3) is 4.83. The number of azo groups is 1. The van der Waals surface area contributed by atoms with Crippen LogP contribution in [0.25, 0.3) is 0 Å². The molecule has 1 heterocycles. The summed E-state index contributed by atoms with van der Waals surface area (Å²) in [6.45, 7) is 15.1. The lowest BCUT2D eigenvalue weighted by Gasteiger charge is -2.33. The first kappa shape index (κ1) is 20.8. The number of hydrogen-bond donors (Lipinski definition) is 0. The molecule has 0 N–H and O–H groups in total. The van der Waals surface area contributed by atoms with Crippen molar-refractivity contribution < 1.29 is 14.2 Å². The van der Waals surface area contributed by atoms with Crippen LogP contribution in [0.3, 0.4) is 0 Å². The van der Waals surface area contributed by atoms with E-state index in [4.69, 9.17) is 14.2 Å². The van der Waals surface area contributed by atoms with Gasteiger partial charge in [-0.2, -0.15) is 10.2 Å². The molecule has 5 heteroatoms. The summed E-state index contributed by atoms with van der Waals surface area (Å²) in [5.74, 6) is 1.23. The summed E-state index contributed by atoms with van der Waals surface area (Å²) in [5.41, 5.74) is 3.32. The van der Waals surface area contributed by atoms with Crippen molar-refractivity contribution in [3.8, 4) is 5.75 Å². The van der Waals surface area contributed by atoms with E-state index in [1.165, 1.54) is 11.1 Å². The molecule has 0 unspecified atom stereocenters. The van der Waals surface area contributed by atoms with E-state index >= 15 is 0 Å². The van der Waals surface area contributed by atoms with Crippen LogP contribution in [0.5, 0.6) is 5.75 Å². The van der Waals surface area contributed by atoms with Crippen molar-refractivity contribution in [2.24, 2.45) is 16.1 Å². The van der Waals surface area contributed by atoms with Crippen LogP contribution in [-0.4, -0.2) is 33.9 Å². The highest BCUT2D eigenvalue weighted by molar-refractivity contribution is 5.51. The van der Waals surface area contributed by atoms with Crippen molar-refractivity contribution in [2.45, 2.75) is 58.7 Å². The Balaban J connectivity index is 2.38. The minimum absolute atomic E-state index is 0.0416. The van der Waals surface area contributed by atoms with Crippen LogP contribution in [0.15, 0.2) is 22.4 Å². The van der Waals surface area contributed by atoms with Gasteiger partial charge in [0.2, 0.25) is 0 Å². The van der Waals surface area contributed by atoms with Gasteiger partial charge < -0.3 is 14.2 Å². The molecule has 0 spiro atoms. The molecule has 0 saturated carbocycles. The Morgan fingerprint density at radius 1 is 1.00 bits per heavy atom. The van der Waals surface area contributed by atoms with Gasteiger partial charge in [-0.05, 0) is 23.0 Å². The van der Waals surface area contributed by atoms with E-state index in [2.05, 4.69) is 63.9 Å². The summed E-state index contributed by atoms with van der Waals surface area (Å²) in [6, 6.07) is 4.34. The second-order valence-electron chi connectivity index (χ2n) is 9.04.